The van der Waals surface area contributed by atoms with E-state index in [0.717, 1.165) is 5.56 Å². The summed E-state index contributed by atoms with van der Waals surface area (Å²) in [7, 11) is 0. The lowest BCUT2D eigenvalue weighted by molar-refractivity contribution is 0.0690. The molecule has 7 nitrogen and oxygen atoms in total. The van der Waals surface area contributed by atoms with Gasteiger partial charge in [0.25, 0.3) is 0 Å². The van der Waals surface area contributed by atoms with Crippen LogP contribution in [0.15, 0.2) is 24.5 Å². The average Bonchev–Trinajstić information content (AvgIpc) is 2.70. The minimum Gasteiger partial charge on any atom is -0.476 e. The van der Waals surface area contributed by atoms with Crippen LogP contribution < -0.4 is 5.73 Å². The highest BCUT2D eigenvalue weighted by Crippen LogP contribution is 2.11. The predicted octanol–water partition coefficient (Wildman–Crippen LogP) is 0.478. The molecule has 2 rings (SSSR count). The van der Waals surface area contributed by atoms with Crippen molar-refractivity contribution < 1.29 is 9.90 Å². The monoisotopic (exact) mass is 243 g/mol. The van der Waals surface area contributed by atoms with Gasteiger partial charge in [0, 0.05) is 12.4 Å². The molecule has 0 aliphatic carbocycles. The maximum absolute atomic E-state index is 10.8. The average molecular weight is 243 g/mol. The maximum Gasteiger partial charge on any atom is 0.358 e. The van der Waals surface area contributed by atoms with E-state index in [1.165, 1.54) is 17.1 Å². The van der Waals surface area contributed by atoms with Crippen molar-refractivity contribution in [2.24, 2.45) is 0 Å². The van der Waals surface area contributed by atoms with Crippen molar-refractivity contribution in [3.63, 3.8) is 0 Å². The highest BCUT2D eigenvalue weighted by molar-refractivity contribution is 5.91. The van der Waals surface area contributed by atoms with Gasteiger partial charge in [0.1, 0.15) is 11.8 Å². The Bertz CT molecular complexity index is 641. The zero-order valence-electron chi connectivity index (χ0n) is 9.24. The Morgan fingerprint density at radius 3 is 3.00 bits per heavy atom. The molecule has 0 spiro atoms. The molecule has 0 bridgehead atoms. The highest BCUT2D eigenvalue weighted by atomic mass is 16.4. The number of rotatable bonds is 3. The Morgan fingerprint density at radius 2 is 2.39 bits per heavy atom. The minimum absolute atomic E-state index is 0.108. The van der Waals surface area contributed by atoms with E-state index in [9.17, 15) is 4.79 Å². The molecule has 3 N–H and O–H groups in total. The largest absolute Gasteiger partial charge is 0.476 e. The summed E-state index contributed by atoms with van der Waals surface area (Å²) in [6.07, 6.45) is 2.95. The molecule has 2 aromatic rings. The smallest absolute Gasteiger partial charge is 0.358 e. The van der Waals surface area contributed by atoms with Gasteiger partial charge in [-0.2, -0.15) is 10.4 Å². The van der Waals surface area contributed by atoms with Crippen molar-refractivity contribution in [2.75, 3.05) is 5.73 Å². The number of hydrogen-bond acceptors (Lipinski definition) is 5. The van der Waals surface area contributed by atoms with Crippen LogP contribution in [-0.2, 0) is 6.54 Å². The van der Waals surface area contributed by atoms with Gasteiger partial charge in [-0.25, -0.2) is 9.78 Å². The van der Waals surface area contributed by atoms with Gasteiger partial charge in [0.2, 0.25) is 0 Å². The molecular formula is C11H9N5O2. The van der Waals surface area contributed by atoms with E-state index in [4.69, 9.17) is 16.1 Å². The van der Waals surface area contributed by atoms with Gasteiger partial charge in [-0.3, -0.25) is 4.68 Å². The maximum atomic E-state index is 10.8. The number of anilines is 1. The SMILES string of the molecule is N#Cc1cc(Cn2cc(N)c(C(=O)O)n2)ccn1. The Balaban J connectivity index is 2.26. The highest BCUT2D eigenvalue weighted by Gasteiger charge is 2.13. The quantitative estimate of drug-likeness (QED) is 0.809. The topological polar surface area (TPSA) is 118 Å². The standard InChI is InChI=1S/C11H9N5O2/c12-4-8-3-7(1-2-14-8)5-16-6-9(13)10(15-16)11(17)18/h1-3,6H,5,13H2,(H,17,18). The molecule has 90 valence electrons. The van der Waals surface area contributed by atoms with Gasteiger partial charge in [0.15, 0.2) is 5.69 Å². The third-order valence-corrected chi connectivity index (χ3v) is 2.28. The van der Waals surface area contributed by atoms with Crippen LogP contribution >= 0.6 is 0 Å². The molecule has 2 heterocycles. The van der Waals surface area contributed by atoms with Crippen molar-refractivity contribution >= 4 is 11.7 Å². The van der Waals surface area contributed by atoms with Crippen LogP contribution in [0.2, 0.25) is 0 Å². The summed E-state index contributed by atoms with van der Waals surface area (Å²) in [5, 5.41) is 21.4. The van der Waals surface area contributed by atoms with Gasteiger partial charge >= 0.3 is 5.97 Å². The van der Waals surface area contributed by atoms with E-state index < -0.39 is 5.97 Å². The number of nitriles is 1. The number of aromatic nitrogens is 3. The second kappa shape index (κ2) is 4.55. The number of aromatic carboxylic acids is 1. The van der Waals surface area contributed by atoms with Crippen molar-refractivity contribution in [1.82, 2.24) is 14.8 Å². The minimum atomic E-state index is -1.17. The molecule has 0 radical (unpaired) electrons. The molecular weight excluding hydrogens is 234 g/mol. The van der Waals surface area contributed by atoms with Gasteiger partial charge in [-0.15, -0.1) is 0 Å². The zero-order valence-corrected chi connectivity index (χ0v) is 9.24. The van der Waals surface area contributed by atoms with Crippen LogP contribution in [-0.4, -0.2) is 25.8 Å². The number of carboxylic acid groups (broad SMARTS) is 1. The first kappa shape index (κ1) is 11.6. The van der Waals surface area contributed by atoms with E-state index in [0.29, 0.717) is 12.2 Å². The number of carbonyl (C=O) groups is 1. The first-order valence-corrected chi connectivity index (χ1v) is 5.01. The van der Waals surface area contributed by atoms with E-state index in [1.54, 1.807) is 12.1 Å². The van der Waals surface area contributed by atoms with E-state index in [1.807, 2.05) is 6.07 Å². The van der Waals surface area contributed by atoms with Gasteiger partial charge in [-0.05, 0) is 17.7 Å². The van der Waals surface area contributed by atoms with Crippen LogP contribution in [0.25, 0.3) is 0 Å². The van der Waals surface area contributed by atoms with Crippen LogP contribution in [0.1, 0.15) is 21.7 Å². The molecule has 0 saturated carbocycles. The van der Waals surface area contributed by atoms with Crippen LogP contribution in [0, 0.1) is 11.3 Å². The summed E-state index contributed by atoms with van der Waals surface area (Å²) in [5.74, 6) is -1.17. The van der Waals surface area contributed by atoms with Gasteiger partial charge < -0.3 is 10.8 Å². The third kappa shape index (κ3) is 2.27. The zero-order chi connectivity index (χ0) is 13.1. The number of nitrogens with zero attached hydrogens (tertiary/aromatic N) is 4. The summed E-state index contributed by atoms with van der Waals surface area (Å²) in [5.41, 5.74) is 6.55. The summed E-state index contributed by atoms with van der Waals surface area (Å²) >= 11 is 0. The van der Waals surface area contributed by atoms with Crippen molar-refractivity contribution in [3.05, 3.63) is 41.5 Å². The van der Waals surface area contributed by atoms with Crippen LogP contribution in [0.3, 0.4) is 0 Å². The molecule has 7 heteroatoms. The lowest BCUT2D eigenvalue weighted by atomic mass is 10.2. The lowest BCUT2D eigenvalue weighted by Gasteiger charge is -2.01. The Kier molecular flexibility index (Phi) is 2.93. The van der Waals surface area contributed by atoms with Crippen molar-refractivity contribution in [3.8, 4) is 6.07 Å². The number of nitrogens with two attached hydrogens (primary N) is 1. The predicted molar refractivity (Wildman–Crippen MR) is 61.7 cm³/mol. The second-order valence-corrected chi connectivity index (χ2v) is 3.60. The fourth-order valence-electron chi connectivity index (χ4n) is 1.50. The molecule has 0 atom stereocenters. The summed E-state index contributed by atoms with van der Waals surface area (Å²) < 4.78 is 1.41. The molecule has 18 heavy (non-hydrogen) atoms. The van der Waals surface area contributed by atoms with Crippen LogP contribution in [0.4, 0.5) is 5.69 Å². The normalized spacial score (nSPS) is 9.94. The third-order valence-electron chi connectivity index (χ3n) is 2.28. The summed E-state index contributed by atoms with van der Waals surface area (Å²) in [6.45, 7) is 0.328. The van der Waals surface area contributed by atoms with E-state index >= 15 is 0 Å². The number of hydrogen-bond donors (Lipinski definition) is 2. The molecule has 0 aliphatic heterocycles. The first-order valence-electron chi connectivity index (χ1n) is 5.01. The lowest BCUT2D eigenvalue weighted by Crippen LogP contribution is -2.04. The van der Waals surface area contributed by atoms with Crippen molar-refractivity contribution in [1.29, 1.82) is 5.26 Å². The van der Waals surface area contributed by atoms with Crippen molar-refractivity contribution in [2.45, 2.75) is 6.54 Å². The number of pyridine rings is 1. The summed E-state index contributed by atoms with van der Waals surface area (Å²) in [6, 6.07) is 5.26. The number of carboxylic acids is 1. The fraction of sp³-hybridized carbons (Fsp3) is 0.0909. The van der Waals surface area contributed by atoms with E-state index in [-0.39, 0.29) is 11.4 Å². The first-order chi connectivity index (χ1) is 8.60. The second-order valence-electron chi connectivity index (χ2n) is 3.60. The molecule has 0 aliphatic rings. The molecule has 0 aromatic carbocycles. The van der Waals surface area contributed by atoms with Gasteiger partial charge in [-0.1, -0.05) is 0 Å². The Labute approximate surface area is 102 Å². The molecule has 0 amide bonds. The van der Waals surface area contributed by atoms with Gasteiger partial charge in [0.05, 0.1) is 12.2 Å². The van der Waals surface area contributed by atoms with E-state index in [2.05, 4.69) is 10.1 Å². The fourth-order valence-corrected chi connectivity index (χ4v) is 1.50. The molecule has 2 aromatic heterocycles. The summed E-state index contributed by atoms with van der Waals surface area (Å²) in [4.78, 5) is 14.6. The molecule has 0 fully saturated rings. The number of nitrogen functional groups attached to an aromatic ring is 1. The molecule has 0 unspecified atom stereocenters. The molecule has 0 saturated heterocycles. The Hall–Kier alpha value is -2.88. The Morgan fingerprint density at radius 1 is 1.61 bits per heavy atom. The van der Waals surface area contributed by atoms with Crippen LogP contribution in [0.5, 0.6) is 0 Å².